The van der Waals surface area contributed by atoms with Crippen LogP contribution >= 0.6 is 15.9 Å². The van der Waals surface area contributed by atoms with Gasteiger partial charge >= 0.3 is 0 Å². The molecule has 2 N–H and O–H groups in total. The van der Waals surface area contributed by atoms with E-state index in [1.54, 1.807) is 0 Å². The second-order valence-corrected chi connectivity index (χ2v) is 6.02. The largest absolute Gasteiger partial charge is 0.493 e. The molecular weight excluding hydrogens is 330 g/mol. The van der Waals surface area contributed by atoms with Gasteiger partial charge in [0.25, 0.3) is 0 Å². The first-order valence-electron chi connectivity index (χ1n) is 7.12. The Kier molecular flexibility index (Phi) is 4.17. The molecule has 0 amide bonds. The first-order chi connectivity index (χ1) is 10.2. The number of para-hydroxylation sites is 1. The molecule has 2 unspecified atom stereocenters. The van der Waals surface area contributed by atoms with Crippen LogP contribution in [0.15, 0.2) is 46.9 Å². The van der Waals surface area contributed by atoms with Crippen molar-refractivity contribution in [2.24, 2.45) is 5.73 Å². The van der Waals surface area contributed by atoms with Gasteiger partial charge in [-0.05, 0) is 31.2 Å². The summed E-state index contributed by atoms with van der Waals surface area (Å²) >= 11 is 3.48. The van der Waals surface area contributed by atoms with Gasteiger partial charge in [0.1, 0.15) is 17.6 Å². The maximum absolute atomic E-state index is 6.33. The van der Waals surface area contributed by atoms with Crippen molar-refractivity contribution in [2.75, 3.05) is 6.61 Å². The molecule has 0 saturated heterocycles. The van der Waals surface area contributed by atoms with Gasteiger partial charge in [-0.3, -0.25) is 0 Å². The minimum Gasteiger partial charge on any atom is -0.493 e. The average molecular weight is 348 g/mol. The Balaban J connectivity index is 1.94. The lowest BCUT2D eigenvalue weighted by atomic mass is 9.93. The summed E-state index contributed by atoms with van der Waals surface area (Å²) < 4.78 is 12.9. The second kappa shape index (κ2) is 6.08. The number of ether oxygens (including phenoxy) is 2. The predicted molar refractivity (Wildman–Crippen MR) is 86.7 cm³/mol. The van der Waals surface area contributed by atoms with Crippen molar-refractivity contribution in [2.45, 2.75) is 25.5 Å². The smallest absolute Gasteiger partial charge is 0.129 e. The minimum absolute atomic E-state index is 0.0362. The van der Waals surface area contributed by atoms with E-state index in [1.165, 1.54) is 0 Å². The molecule has 2 aromatic rings. The van der Waals surface area contributed by atoms with E-state index >= 15 is 0 Å². The summed E-state index contributed by atoms with van der Waals surface area (Å²) in [5.41, 5.74) is 8.43. The molecule has 2 aromatic carbocycles. The number of hydrogen-bond acceptors (Lipinski definition) is 3. The van der Waals surface area contributed by atoms with Crippen LogP contribution in [-0.2, 0) is 0 Å². The van der Waals surface area contributed by atoms with E-state index in [0.717, 1.165) is 33.5 Å². The highest BCUT2D eigenvalue weighted by Gasteiger charge is 2.28. The number of halogens is 1. The Morgan fingerprint density at radius 2 is 2.05 bits per heavy atom. The number of nitrogens with two attached hydrogens (primary N) is 1. The van der Waals surface area contributed by atoms with Crippen molar-refractivity contribution in [3.05, 3.63) is 58.1 Å². The van der Waals surface area contributed by atoms with Gasteiger partial charge in [0, 0.05) is 28.1 Å². The SMILES string of the molecule is CCOc1ccccc1C1CC(N)c2cc(Br)ccc2O1. The fourth-order valence-electron chi connectivity index (χ4n) is 2.70. The molecule has 0 aliphatic carbocycles. The molecule has 0 fully saturated rings. The van der Waals surface area contributed by atoms with Gasteiger partial charge < -0.3 is 15.2 Å². The summed E-state index contributed by atoms with van der Waals surface area (Å²) in [4.78, 5) is 0. The third-order valence-electron chi connectivity index (χ3n) is 3.67. The van der Waals surface area contributed by atoms with E-state index in [0.29, 0.717) is 6.61 Å². The third-order valence-corrected chi connectivity index (χ3v) is 4.17. The number of benzene rings is 2. The van der Waals surface area contributed by atoms with E-state index in [4.69, 9.17) is 15.2 Å². The number of fused-ring (bicyclic) bond motifs is 1. The summed E-state index contributed by atoms with van der Waals surface area (Å²) in [5, 5.41) is 0. The second-order valence-electron chi connectivity index (χ2n) is 5.10. The van der Waals surface area contributed by atoms with Crippen LogP contribution in [0.5, 0.6) is 11.5 Å². The number of hydrogen-bond donors (Lipinski definition) is 1. The standard InChI is InChI=1S/C17H18BrNO2/c1-2-20-15-6-4-3-5-12(15)17-10-14(19)13-9-11(18)7-8-16(13)21-17/h3-9,14,17H,2,10,19H2,1H3. The first-order valence-corrected chi connectivity index (χ1v) is 7.91. The van der Waals surface area contributed by atoms with Gasteiger partial charge in [-0.25, -0.2) is 0 Å². The molecule has 0 spiro atoms. The van der Waals surface area contributed by atoms with Crippen molar-refractivity contribution < 1.29 is 9.47 Å². The topological polar surface area (TPSA) is 44.5 Å². The molecule has 21 heavy (non-hydrogen) atoms. The minimum atomic E-state index is -0.0728. The maximum atomic E-state index is 6.33. The Morgan fingerprint density at radius 1 is 1.24 bits per heavy atom. The van der Waals surface area contributed by atoms with E-state index in [1.807, 2.05) is 49.4 Å². The van der Waals surface area contributed by atoms with Crippen LogP contribution in [0.4, 0.5) is 0 Å². The van der Waals surface area contributed by atoms with Gasteiger partial charge in [0.15, 0.2) is 0 Å². The zero-order valence-electron chi connectivity index (χ0n) is 11.9. The Labute approximate surface area is 133 Å². The van der Waals surface area contributed by atoms with E-state index in [9.17, 15) is 0 Å². The lowest BCUT2D eigenvalue weighted by molar-refractivity contribution is 0.156. The fourth-order valence-corrected chi connectivity index (χ4v) is 3.08. The lowest BCUT2D eigenvalue weighted by Crippen LogP contribution is -2.24. The summed E-state index contributed by atoms with van der Waals surface area (Å²) in [6, 6.07) is 13.9. The molecule has 3 rings (SSSR count). The first kappa shape index (κ1) is 14.4. The summed E-state index contributed by atoms with van der Waals surface area (Å²) in [6.07, 6.45) is 0.671. The zero-order chi connectivity index (χ0) is 14.8. The van der Waals surface area contributed by atoms with E-state index in [2.05, 4.69) is 15.9 Å². The van der Waals surface area contributed by atoms with Crippen molar-refractivity contribution in [3.63, 3.8) is 0 Å². The summed E-state index contributed by atoms with van der Waals surface area (Å²) in [6.45, 7) is 2.62. The van der Waals surface area contributed by atoms with E-state index in [-0.39, 0.29) is 12.1 Å². The molecule has 0 aromatic heterocycles. The van der Waals surface area contributed by atoms with Crippen molar-refractivity contribution >= 4 is 15.9 Å². The molecule has 2 atom stereocenters. The average Bonchev–Trinajstić information content (AvgIpc) is 2.49. The van der Waals surface area contributed by atoms with Crippen LogP contribution < -0.4 is 15.2 Å². The van der Waals surface area contributed by atoms with Gasteiger partial charge in [0.05, 0.1) is 6.61 Å². The summed E-state index contributed by atoms with van der Waals surface area (Å²) in [7, 11) is 0. The highest BCUT2D eigenvalue weighted by Crippen LogP contribution is 2.42. The highest BCUT2D eigenvalue weighted by atomic mass is 79.9. The molecule has 110 valence electrons. The van der Waals surface area contributed by atoms with Gasteiger partial charge in [-0.2, -0.15) is 0 Å². The van der Waals surface area contributed by atoms with Crippen molar-refractivity contribution in [1.82, 2.24) is 0 Å². The molecule has 0 saturated carbocycles. The monoisotopic (exact) mass is 347 g/mol. The normalized spacial score (nSPS) is 20.5. The Bertz CT molecular complexity index is 644. The quantitative estimate of drug-likeness (QED) is 0.896. The number of rotatable bonds is 3. The van der Waals surface area contributed by atoms with E-state index < -0.39 is 0 Å². The van der Waals surface area contributed by atoms with Gasteiger partial charge in [-0.1, -0.05) is 34.1 Å². The molecule has 3 nitrogen and oxygen atoms in total. The van der Waals surface area contributed by atoms with Crippen LogP contribution in [0.3, 0.4) is 0 Å². The molecule has 4 heteroatoms. The molecule has 1 aliphatic heterocycles. The van der Waals surface area contributed by atoms with Crippen LogP contribution in [0.2, 0.25) is 0 Å². The van der Waals surface area contributed by atoms with Gasteiger partial charge in [0.2, 0.25) is 0 Å². The predicted octanol–water partition coefficient (Wildman–Crippen LogP) is 4.37. The van der Waals surface area contributed by atoms with Crippen molar-refractivity contribution in [1.29, 1.82) is 0 Å². The zero-order valence-corrected chi connectivity index (χ0v) is 13.5. The van der Waals surface area contributed by atoms with Crippen molar-refractivity contribution in [3.8, 4) is 11.5 Å². The lowest BCUT2D eigenvalue weighted by Gasteiger charge is -2.31. The van der Waals surface area contributed by atoms with Crippen LogP contribution in [-0.4, -0.2) is 6.61 Å². The van der Waals surface area contributed by atoms with Crippen LogP contribution in [0.1, 0.15) is 36.6 Å². The molecule has 1 heterocycles. The van der Waals surface area contributed by atoms with Crippen LogP contribution in [0.25, 0.3) is 0 Å². The summed E-state index contributed by atoms with van der Waals surface area (Å²) in [5.74, 6) is 1.73. The fraction of sp³-hybridized carbons (Fsp3) is 0.294. The van der Waals surface area contributed by atoms with Crippen LogP contribution in [0, 0.1) is 0 Å². The molecule has 1 aliphatic rings. The molecular formula is C17H18BrNO2. The van der Waals surface area contributed by atoms with Gasteiger partial charge in [-0.15, -0.1) is 0 Å². The maximum Gasteiger partial charge on any atom is 0.129 e. The molecule has 0 bridgehead atoms. The third kappa shape index (κ3) is 2.92. The Morgan fingerprint density at radius 3 is 2.86 bits per heavy atom. The highest BCUT2D eigenvalue weighted by molar-refractivity contribution is 9.10. The molecule has 0 radical (unpaired) electrons. The Hall–Kier alpha value is -1.52.